The highest BCUT2D eigenvalue weighted by Crippen LogP contribution is 2.27. The molecule has 4 unspecified atom stereocenters. The lowest BCUT2D eigenvalue weighted by Crippen LogP contribution is -2.53. The van der Waals surface area contributed by atoms with Crippen molar-refractivity contribution in [3.63, 3.8) is 0 Å². The topological polar surface area (TPSA) is 210 Å². The summed E-state index contributed by atoms with van der Waals surface area (Å²) in [7, 11) is 0. The SMILES string of the molecule is CC(=O)C(C)C.CC(=O)C(C)C.CC(C)C(C)(O)C1CCCCN1.CC(C)C(C)(O)c1cnccn1.CC(C)C(C)(O)c1cnccn1.Ic1cnccn1.Ic1cnccn1. The van der Waals surface area contributed by atoms with Crippen molar-refractivity contribution in [1.82, 2.24) is 45.2 Å². The summed E-state index contributed by atoms with van der Waals surface area (Å²) in [4.78, 5) is 51.7. The van der Waals surface area contributed by atoms with Crippen molar-refractivity contribution >= 4 is 56.7 Å². The van der Waals surface area contributed by atoms with Gasteiger partial charge < -0.3 is 20.6 Å². The van der Waals surface area contributed by atoms with Gasteiger partial charge in [-0.25, -0.2) is 9.97 Å². The van der Waals surface area contributed by atoms with E-state index in [2.05, 4.69) is 104 Å². The van der Waals surface area contributed by atoms with Crippen LogP contribution >= 0.6 is 45.2 Å². The molecule has 0 radical (unpaired) electrons. The van der Waals surface area contributed by atoms with Gasteiger partial charge in [0, 0.05) is 67.5 Å². The number of ketones is 2. The molecule has 4 N–H and O–H groups in total. The number of piperidine rings is 1. The fraction of sp³-hybridized carbons (Fsp3) is 0.609. The Labute approximate surface area is 399 Å². The molecule has 0 bridgehead atoms. The van der Waals surface area contributed by atoms with Crippen LogP contribution in [0.2, 0.25) is 0 Å². The first-order valence-electron chi connectivity index (χ1n) is 21.0. The minimum Gasteiger partial charge on any atom is -0.388 e. The van der Waals surface area contributed by atoms with Crippen molar-refractivity contribution in [2.45, 2.75) is 146 Å². The number of rotatable bonds is 8. The molecule has 1 saturated heterocycles. The van der Waals surface area contributed by atoms with Crippen LogP contribution in [0.4, 0.5) is 0 Å². The first-order valence-corrected chi connectivity index (χ1v) is 23.2. The molecule has 5 rings (SSSR count). The highest BCUT2D eigenvalue weighted by molar-refractivity contribution is 14.1. The van der Waals surface area contributed by atoms with E-state index >= 15 is 0 Å². The Kier molecular flexibility index (Phi) is 32.1. The zero-order chi connectivity index (χ0) is 48.1. The monoisotopic (exact) mass is 1090 g/mol. The molecule has 16 heteroatoms. The second-order valence-electron chi connectivity index (χ2n) is 16.8. The zero-order valence-electron chi connectivity index (χ0n) is 39.7. The summed E-state index contributed by atoms with van der Waals surface area (Å²) in [6, 6.07) is 0.297. The summed E-state index contributed by atoms with van der Waals surface area (Å²) in [5.41, 5.74) is -1.05. The quantitative estimate of drug-likeness (QED) is 0.122. The maximum atomic E-state index is 10.2. The first-order chi connectivity index (χ1) is 28.7. The van der Waals surface area contributed by atoms with Crippen molar-refractivity contribution in [3.8, 4) is 0 Å². The maximum absolute atomic E-state index is 10.2. The van der Waals surface area contributed by atoms with Crippen LogP contribution in [-0.2, 0) is 20.8 Å². The van der Waals surface area contributed by atoms with Crippen LogP contribution < -0.4 is 5.32 Å². The second kappa shape index (κ2) is 32.6. The van der Waals surface area contributed by atoms with E-state index in [4.69, 9.17) is 0 Å². The third-order valence-corrected chi connectivity index (χ3v) is 11.4. The minimum absolute atomic E-state index is 0.134. The largest absolute Gasteiger partial charge is 0.388 e. The predicted octanol–water partition coefficient (Wildman–Crippen LogP) is 8.84. The fourth-order valence-corrected chi connectivity index (χ4v) is 4.67. The maximum Gasteiger partial charge on any atom is 0.132 e. The molecular formula is C46H75I2N9O5. The molecule has 0 saturated carbocycles. The van der Waals surface area contributed by atoms with E-state index in [0.29, 0.717) is 23.3 Å². The van der Waals surface area contributed by atoms with E-state index < -0.39 is 16.8 Å². The second-order valence-corrected chi connectivity index (χ2v) is 19.0. The van der Waals surface area contributed by atoms with Gasteiger partial charge in [0.25, 0.3) is 0 Å². The molecule has 5 heterocycles. The lowest BCUT2D eigenvalue weighted by molar-refractivity contribution is -0.120. The number of Topliss-reactive ketones (excluding diaryl/α,β-unsaturated/α-hetero) is 2. The molecule has 62 heavy (non-hydrogen) atoms. The first kappa shape index (κ1) is 61.0. The zero-order valence-corrected chi connectivity index (χ0v) is 44.0. The summed E-state index contributed by atoms with van der Waals surface area (Å²) >= 11 is 4.21. The average Bonchev–Trinajstić information content (AvgIpc) is 3.23. The number of hydrogen-bond acceptors (Lipinski definition) is 14. The van der Waals surface area contributed by atoms with Gasteiger partial charge in [0.1, 0.15) is 30.2 Å². The number of carbonyl (C=O) groups excluding carboxylic acids is 2. The Morgan fingerprint density at radius 3 is 1.06 bits per heavy atom. The van der Waals surface area contributed by atoms with Gasteiger partial charge in [-0.2, -0.15) is 0 Å². The van der Waals surface area contributed by atoms with Gasteiger partial charge >= 0.3 is 0 Å². The molecule has 14 nitrogen and oxygen atoms in total. The molecule has 4 atom stereocenters. The number of nitrogens with zero attached hydrogens (tertiary/aromatic N) is 8. The van der Waals surface area contributed by atoms with Crippen LogP contribution in [0.15, 0.2) is 74.4 Å². The molecule has 348 valence electrons. The number of halogens is 2. The van der Waals surface area contributed by atoms with Crippen LogP contribution in [-0.4, -0.2) is 84.9 Å². The predicted molar refractivity (Wildman–Crippen MR) is 265 cm³/mol. The molecule has 0 spiro atoms. The Hall–Kier alpha value is -3.04. The molecule has 1 fully saturated rings. The third kappa shape index (κ3) is 27.2. The standard InChI is InChI=1S/C10H21NO.2C9H14N2O.2C5H10O.2C4H3IN2/c1-8(2)10(3,12)9-6-4-5-7-11-9;2*1-7(2)9(3,12)8-6-10-4-5-11-8;2*1-4(2)5(3)6;2*5-4-3-6-1-2-7-4/h8-9,11-12H,4-7H2,1-3H3;2*4-7,12H,1-3H3;2*4H,1-3H3;2*1-3H. The van der Waals surface area contributed by atoms with Gasteiger partial charge in [0.05, 0.1) is 41.8 Å². The van der Waals surface area contributed by atoms with Crippen LogP contribution in [0.1, 0.15) is 135 Å². The van der Waals surface area contributed by atoms with E-state index in [1.54, 1.807) is 102 Å². The molecule has 0 aromatic carbocycles. The lowest BCUT2D eigenvalue weighted by Gasteiger charge is -2.39. The smallest absolute Gasteiger partial charge is 0.132 e. The van der Waals surface area contributed by atoms with Crippen LogP contribution in [0.5, 0.6) is 0 Å². The Morgan fingerprint density at radius 2 is 0.887 bits per heavy atom. The van der Waals surface area contributed by atoms with Crippen molar-refractivity contribution in [2.24, 2.45) is 29.6 Å². The highest BCUT2D eigenvalue weighted by atomic mass is 127. The Bertz CT molecular complexity index is 1600. The molecule has 1 aliphatic heterocycles. The number of aliphatic hydroxyl groups is 3. The highest BCUT2D eigenvalue weighted by Gasteiger charge is 2.35. The fourth-order valence-electron chi connectivity index (χ4n) is 4.03. The van der Waals surface area contributed by atoms with Crippen molar-refractivity contribution in [3.05, 3.63) is 93.2 Å². The average molecular weight is 1090 g/mol. The summed E-state index contributed by atoms with van der Waals surface area (Å²) in [5.74, 6) is 1.54. The van der Waals surface area contributed by atoms with E-state index in [9.17, 15) is 24.9 Å². The Balaban J connectivity index is 0. The third-order valence-electron chi connectivity index (χ3n) is 10.3. The molecule has 1 aliphatic rings. The van der Waals surface area contributed by atoms with Crippen LogP contribution in [0.3, 0.4) is 0 Å². The number of nitrogens with one attached hydrogen (secondary N) is 1. The Morgan fingerprint density at radius 1 is 0.565 bits per heavy atom. The molecular weight excluding hydrogens is 1010 g/mol. The van der Waals surface area contributed by atoms with E-state index in [1.165, 1.54) is 12.8 Å². The summed E-state index contributed by atoms with van der Waals surface area (Å²) in [5, 5.41) is 33.5. The van der Waals surface area contributed by atoms with Crippen LogP contribution in [0.25, 0.3) is 0 Å². The van der Waals surface area contributed by atoms with Crippen molar-refractivity contribution in [2.75, 3.05) is 6.54 Å². The summed E-state index contributed by atoms with van der Waals surface area (Å²) in [6.45, 7) is 29.3. The van der Waals surface area contributed by atoms with Gasteiger partial charge in [0.2, 0.25) is 0 Å². The number of carbonyl (C=O) groups is 2. The normalized spacial score (nSPS) is 15.9. The molecule has 0 aliphatic carbocycles. The summed E-state index contributed by atoms with van der Waals surface area (Å²) in [6.07, 6.45) is 23.3. The van der Waals surface area contributed by atoms with Gasteiger partial charge in [-0.15, -0.1) is 0 Å². The lowest BCUT2D eigenvalue weighted by atomic mass is 9.81. The van der Waals surface area contributed by atoms with E-state index in [0.717, 1.165) is 20.4 Å². The van der Waals surface area contributed by atoms with Crippen LogP contribution in [0, 0.1) is 37.0 Å². The van der Waals surface area contributed by atoms with Crippen molar-refractivity contribution in [1.29, 1.82) is 0 Å². The van der Waals surface area contributed by atoms with E-state index in [-0.39, 0.29) is 35.2 Å². The van der Waals surface area contributed by atoms with Gasteiger partial charge in [0.15, 0.2) is 0 Å². The van der Waals surface area contributed by atoms with E-state index in [1.807, 2.05) is 62.3 Å². The van der Waals surface area contributed by atoms with Gasteiger partial charge in [-0.05, 0) is 117 Å². The summed E-state index contributed by atoms with van der Waals surface area (Å²) < 4.78 is 1.86. The number of hydrogen-bond donors (Lipinski definition) is 4. The molecule has 4 aromatic heterocycles. The van der Waals surface area contributed by atoms with Gasteiger partial charge in [-0.1, -0.05) is 75.7 Å². The van der Waals surface area contributed by atoms with Crippen molar-refractivity contribution < 1.29 is 24.9 Å². The number of aromatic nitrogens is 8. The molecule has 4 aromatic rings. The van der Waals surface area contributed by atoms with Gasteiger partial charge in [-0.3, -0.25) is 39.5 Å². The molecule has 0 amide bonds. The minimum atomic E-state index is -0.881.